The van der Waals surface area contributed by atoms with Crippen molar-refractivity contribution >= 4 is 17.6 Å². The van der Waals surface area contributed by atoms with E-state index < -0.39 is 0 Å². The Morgan fingerprint density at radius 1 is 1.25 bits per heavy atom. The van der Waals surface area contributed by atoms with Crippen LogP contribution in [0.25, 0.3) is 0 Å². The van der Waals surface area contributed by atoms with E-state index in [9.17, 15) is 0 Å². The number of ether oxygens (including phenoxy) is 1. The predicted molar refractivity (Wildman–Crippen MR) is 81.8 cm³/mol. The summed E-state index contributed by atoms with van der Waals surface area (Å²) in [5.74, 6) is 0.862. The molecule has 0 spiro atoms. The fraction of sp³-hybridized carbons (Fsp3) is 0.200. The molecule has 0 saturated heterocycles. The molecule has 0 atom stereocenters. The first-order chi connectivity index (χ1) is 9.51. The van der Waals surface area contributed by atoms with E-state index >= 15 is 0 Å². The number of aryl methyl sites for hydroxylation is 2. The molecule has 1 aromatic carbocycles. The van der Waals surface area contributed by atoms with Crippen LogP contribution >= 0.6 is 11.8 Å². The fourth-order valence-electron chi connectivity index (χ4n) is 1.96. The summed E-state index contributed by atoms with van der Waals surface area (Å²) in [4.78, 5) is 5.54. The van der Waals surface area contributed by atoms with Crippen LogP contribution in [0, 0.1) is 19.3 Å². The Hall–Kier alpha value is -2.01. The van der Waals surface area contributed by atoms with E-state index in [1.165, 1.54) is 11.8 Å². The van der Waals surface area contributed by atoms with Gasteiger partial charge in [-0.3, -0.25) is 5.41 Å². The maximum absolute atomic E-state index is 7.72. The lowest BCUT2D eigenvalue weighted by Crippen LogP contribution is -2.15. The predicted octanol–water partition coefficient (Wildman–Crippen LogP) is 3.14. The van der Waals surface area contributed by atoms with Gasteiger partial charge in [0, 0.05) is 10.6 Å². The first-order valence-electron chi connectivity index (χ1n) is 6.16. The van der Waals surface area contributed by atoms with Crippen LogP contribution < -0.4 is 10.5 Å². The average molecular weight is 287 g/mol. The van der Waals surface area contributed by atoms with Gasteiger partial charge < -0.3 is 10.5 Å². The summed E-state index contributed by atoms with van der Waals surface area (Å²) in [5.41, 5.74) is 8.27. The number of pyridine rings is 1. The second-order valence-corrected chi connectivity index (χ2v) is 5.51. The number of benzene rings is 1. The van der Waals surface area contributed by atoms with Crippen molar-refractivity contribution in [2.45, 2.75) is 23.8 Å². The summed E-state index contributed by atoms with van der Waals surface area (Å²) in [6.45, 7) is 3.89. The van der Waals surface area contributed by atoms with Gasteiger partial charge in [-0.05, 0) is 49.7 Å². The highest BCUT2D eigenvalue weighted by molar-refractivity contribution is 7.99. The molecule has 0 amide bonds. The van der Waals surface area contributed by atoms with Crippen molar-refractivity contribution < 1.29 is 4.74 Å². The summed E-state index contributed by atoms with van der Waals surface area (Å²) >= 11 is 1.50. The highest BCUT2D eigenvalue weighted by atomic mass is 32.2. The number of nitrogen functional groups attached to an aromatic ring is 1. The molecule has 0 aliphatic rings. The van der Waals surface area contributed by atoms with Crippen molar-refractivity contribution in [2.75, 3.05) is 7.11 Å². The summed E-state index contributed by atoms with van der Waals surface area (Å²) < 4.78 is 5.14. The lowest BCUT2D eigenvalue weighted by Gasteiger charge is -2.11. The van der Waals surface area contributed by atoms with Crippen LogP contribution in [0.1, 0.15) is 16.8 Å². The Morgan fingerprint density at radius 3 is 2.45 bits per heavy atom. The highest BCUT2D eigenvalue weighted by Gasteiger charge is 2.13. The standard InChI is InChI=1S/C15H17N3OS/c1-9-8-10(2)18-15(13(9)14(16)17)20-12-6-4-11(19-3)5-7-12/h4-8H,1-3H3,(H3,16,17). The summed E-state index contributed by atoms with van der Waals surface area (Å²) in [5, 5.41) is 8.49. The quantitative estimate of drug-likeness (QED) is 0.669. The molecule has 0 unspecified atom stereocenters. The highest BCUT2D eigenvalue weighted by Crippen LogP contribution is 2.31. The van der Waals surface area contributed by atoms with E-state index in [0.717, 1.165) is 26.9 Å². The average Bonchev–Trinajstić information content (AvgIpc) is 2.38. The van der Waals surface area contributed by atoms with Crippen LogP contribution in [0.2, 0.25) is 0 Å². The van der Waals surface area contributed by atoms with Crippen LogP contribution in [-0.4, -0.2) is 17.9 Å². The maximum atomic E-state index is 7.72. The number of nitrogens with two attached hydrogens (primary N) is 1. The lowest BCUT2D eigenvalue weighted by atomic mass is 10.1. The van der Waals surface area contributed by atoms with Crippen molar-refractivity contribution in [3.8, 4) is 5.75 Å². The zero-order valence-corrected chi connectivity index (χ0v) is 12.5. The SMILES string of the molecule is COc1ccc(Sc2nc(C)cc(C)c2C(=N)N)cc1. The fourth-order valence-corrected chi connectivity index (χ4v) is 3.02. The Kier molecular flexibility index (Phi) is 4.29. The minimum absolute atomic E-state index is 0.0472. The molecule has 2 rings (SSSR count). The van der Waals surface area contributed by atoms with Gasteiger partial charge in [0.15, 0.2) is 0 Å². The molecule has 104 valence electrons. The second-order valence-electron chi connectivity index (χ2n) is 4.45. The van der Waals surface area contributed by atoms with Gasteiger partial charge in [-0.25, -0.2) is 4.98 Å². The molecule has 0 aliphatic carbocycles. The number of hydrogen-bond donors (Lipinski definition) is 2. The molecule has 1 aromatic heterocycles. The van der Waals surface area contributed by atoms with E-state index in [4.69, 9.17) is 15.9 Å². The van der Waals surface area contributed by atoms with Gasteiger partial charge >= 0.3 is 0 Å². The number of amidine groups is 1. The summed E-state index contributed by atoms with van der Waals surface area (Å²) in [7, 11) is 1.64. The molecule has 5 heteroatoms. The molecule has 0 aliphatic heterocycles. The Balaban J connectivity index is 2.39. The normalized spacial score (nSPS) is 10.3. The summed E-state index contributed by atoms with van der Waals surface area (Å²) in [6.07, 6.45) is 0. The van der Waals surface area contributed by atoms with Crippen LogP contribution in [-0.2, 0) is 0 Å². The van der Waals surface area contributed by atoms with Crippen LogP contribution in [0.4, 0.5) is 0 Å². The second kappa shape index (κ2) is 5.96. The van der Waals surface area contributed by atoms with Gasteiger partial charge in [0.2, 0.25) is 0 Å². The van der Waals surface area contributed by atoms with Gasteiger partial charge in [0.25, 0.3) is 0 Å². The third kappa shape index (κ3) is 3.11. The Labute approximate surface area is 122 Å². The number of aromatic nitrogens is 1. The van der Waals surface area contributed by atoms with Crippen LogP contribution in [0.3, 0.4) is 0 Å². The minimum atomic E-state index is 0.0472. The first kappa shape index (κ1) is 14.4. The van der Waals surface area contributed by atoms with Gasteiger partial charge in [0.05, 0.1) is 12.7 Å². The summed E-state index contributed by atoms with van der Waals surface area (Å²) in [6, 6.07) is 9.67. The van der Waals surface area contributed by atoms with Crippen molar-refractivity contribution in [1.29, 1.82) is 5.41 Å². The van der Waals surface area contributed by atoms with Gasteiger partial charge in [0.1, 0.15) is 16.6 Å². The van der Waals surface area contributed by atoms with Crippen LogP contribution in [0.5, 0.6) is 5.75 Å². The number of nitrogens with one attached hydrogen (secondary N) is 1. The maximum Gasteiger partial charge on any atom is 0.125 e. The molecule has 3 N–H and O–H groups in total. The molecule has 0 fully saturated rings. The zero-order chi connectivity index (χ0) is 14.7. The zero-order valence-electron chi connectivity index (χ0n) is 11.7. The van der Waals surface area contributed by atoms with Crippen molar-refractivity contribution in [3.05, 3.63) is 47.2 Å². The molecule has 20 heavy (non-hydrogen) atoms. The molecule has 2 aromatic rings. The topological polar surface area (TPSA) is 72.0 Å². The first-order valence-corrected chi connectivity index (χ1v) is 6.97. The molecule has 0 saturated carbocycles. The molecule has 1 heterocycles. The van der Waals surface area contributed by atoms with Gasteiger partial charge in [-0.1, -0.05) is 11.8 Å². The number of methoxy groups -OCH3 is 1. The Bertz CT molecular complexity index is 638. The Morgan fingerprint density at radius 2 is 1.90 bits per heavy atom. The minimum Gasteiger partial charge on any atom is -0.497 e. The third-order valence-electron chi connectivity index (χ3n) is 2.85. The number of rotatable bonds is 4. The molecule has 0 bridgehead atoms. The third-order valence-corrected chi connectivity index (χ3v) is 3.85. The smallest absolute Gasteiger partial charge is 0.125 e. The van der Waals surface area contributed by atoms with Crippen molar-refractivity contribution in [2.24, 2.45) is 5.73 Å². The number of hydrogen-bond acceptors (Lipinski definition) is 4. The van der Waals surface area contributed by atoms with E-state index in [1.54, 1.807) is 7.11 Å². The van der Waals surface area contributed by atoms with E-state index in [2.05, 4.69) is 4.98 Å². The van der Waals surface area contributed by atoms with E-state index in [-0.39, 0.29) is 5.84 Å². The van der Waals surface area contributed by atoms with Crippen molar-refractivity contribution in [3.63, 3.8) is 0 Å². The lowest BCUT2D eigenvalue weighted by molar-refractivity contribution is 0.414. The van der Waals surface area contributed by atoms with E-state index in [0.29, 0.717) is 5.56 Å². The largest absolute Gasteiger partial charge is 0.497 e. The molecule has 4 nitrogen and oxygen atoms in total. The van der Waals surface area contributed by atoms with E-state index in [1.807, 2.05) is 44.2 Å². The monoisotopic (exact) mass is 287 g/mol. The van der Waals surface area contributed by atoms with Gasteiger partial charge in [-0.15, -0.1) is 0 Å². The molecular formula is C15H17N3OS. The van der Waals surface area contributed by atoms with Crippen molar-refractivity contribution in [1.82, 2.24) is 4.98 Å². The number of nitrogens with zero attached hydrogens (tertiary/aromatic N) is 1. The van der Waals surface area contributed by atoms with Crippen LogP contribution in [0.15, 0.2) is 40.3 Å². The van der Waals surface area contributed by atoms with Gasteiger partial charge in [-0.2, -0.15) is 0 Å². The molecular weight excluding hydrogens is 270 g/mol. The molecule has 0 radical (unpaired) electrons.